The van der Waals surface area contributed by atoms with Crippen LogP contribution in [0.1, 0.15) is 52.9 Å². The predicted molar refractivity (Wildman–Crippen MR) is 91.2 cm³/mol. The summed E-state index contributed by atoms with van der Waals surface area (Å²) in [6.07, 6.45) is 3.88. The van der Waals surface area contributed by atoms with Gasteiger partial charge in [0.2, 0.25) is 5.91 Å². The normalized spacial score (nSPS) is 10.2. The zero-order valence-electron chi connectivity index (χ0n) is 14.3. The maximum Gasteiger partial charge on any atom is 0.231 e. The minimum atomic E-state index is -0.336. The molecule has 1 amide bonds. The highest BCUT2D eigenvalue weighted by molar-refractivity contribution is 6.04. The van der Waals surface area contributed by atoms with Gasteiger partial charge in [0, 0.05) is 6.07 Å². The van der Waals surface area contributed by atoms with Crippen LogP contribution in [0.4, 0.5) is 5.69 Å². The molecule has 0 fully saturated rings. The lowest BCUT2D eigenvalue weighted by Gasteiger charge is -2.14. The Bertz CT molecular complexity index is 514. The predicted octanol–water partition coefficient (Wildman–Crippen LogP) is 3.96. The van der Waals surface area contributed by atoms with Crippen LogP contribution in [0.25, 0.3) is 0 Å². The smallest absolute Gasteiger partial charge is 0.231 e. The molecule has 0 spiro atoms. The molecule has 1 N–H and O–H groups in total. The monoisotopic (exact) mass is 321 g/mol. The Morgan fingerprint density at radius 1 is 1.04 bits per heavy atom. The van der Waals surface area contributed by atoms with Gasteiger partial charge in [0.1, 0.15) is 17.3 Å². The topological polar surface area (TPSA) is 64.6 Å². The number of nitrogens with one attached hydrogen (secondary N) is 1. The average Bonchev–Trinajstić information content (AvgIpc) is 2.49. The van der Waals surface area contributed by atoms with Crippen molar-refractivity contribution in [3.63, 3.8) is 0 Å². The van der Waals surface area contributed by atoms with E-state index in [0.29, 0.717) is 24.7 Å². The molecule has 0 atom stereocenters. The lowest BCUT2D eigenvalue weighted by atomic mass is 10.2. The minimum Gasteiger partial charge on any atom is -0.493 e. The van der Waals surface area contributed by atoms with Gasteiger partial charge < -0.3 is 14.8 Å². The van der Waals surface area contributed by atoms with Gasteiger partial charge >= 0.3 is 0 Å². The first-order valence-electron chi connectivity index (χ1n) is 8.25. The number of Topliss-reactive ketones (excluding diaryl/α,β-unsaturated/α-hetero) is 1. The third-order valence-corrected chi connectivity index (χ3v) is 3.16. The summed E-state index contributed by atoms with van der Waals surface area (Å²) in [5, 5.41) is 2.72. The summed E-state index contributed by atoms with van der Waals surface area (Å²) in [6, 6.07) is 5.33. The van der Waals surface area contributed by atoms with Crippen LogP contribution in [0.5, 0.6) is 11.5 Å². The summed E-state index contributed by atoms with van der Waals surface area (Å²) in [5.41, 5.74) is 0.565. The Morgan fingerprint density at radius 3 is 2.30 bits per heavy atom. The van der Waals surface area contributed by atoms with Gasteiger partial charge in [-0.15, -0.1) is 0 Å². The fourth-order valence-corrected chi connectivity index (χ4v) is 1.90. The third-order valence-electron chi connectivity index (χ3n) is 3.16. The van der Waals surface area contributed by atoms with E-state index in [9.17, 15) is 9.59 Å². The van der Waals surface area contributed by atoms with Crippen molar-refractivity contribution in [3.8, 4) is 11.5 Å². The number of ether oxygens (including phenoxy) is 2. The highest BCUT2D eigenvalue weighted by Gasteiger charge is 2.11. The maximum absolute atomic E-state index is 11.8. The molecule has 1 aromatic carbocycles. The van der Waals surface area contributed by atoms with Crippen molar-refractivity contribution in [2.75, 3.05) is 18.5 Å². The van der Waals surface area contributed by atoms with Gasteiger partial charge in [0.15, 0.2) is 0 Å². The van der Waals surface area contributed by atoms with E-state index < -0.39 is 0 Å². The summed E-state index contributed by atoms with van der Waals surface area (Å²) in [7, 11) is 0. The average molecular weight is 321 g/mol. The minimum absolute atomic E-state index is 0.136. The second-order valence-corrected chi connectivity index (χ2v) is 5.49. The molecule has 0 saturated heterocycles. The van der Waals surface area contributed by atoms with E-state index in [2.05, 4.69) is 19.2 Å². The van der Waals surface area contributed by atoms with Gasteiger partial charge in [0.25, 0.3) is 0 Å². The van der Waals surface area contributed by atoms with Crippen molar-refractivity contribution >= 4 is 17.4 Å². The first-order chi connectivity index (χ1) is 11.1. The molecule has 5 heteroatoms. The van der Waals surface area contributed by atoms with Crippen molar-refractivity contribution in [1.29, 1.82) is 0 Å². The molecule has 0 aliphatic rings. The molecule has 0 saturated carbocycles. The van der Waals surface area contributed by atoms with Crippen LogP contribution in [0, 0.1) is 0 Å². The van der Waals surface area contributed by atoms with E-state index in [1.54, 1.807) is 18.2 Å². The molecule has 0 radical (unpaired) electrons. The van der Waals surface area contributed by atoms with Crippen LogP contribution >= 0.6 is 0 Å². The molecule has 0 aromatic heterocycles. The number of hydrogen-bond acceptors (Lipinski definition) is 4. The molecule has 23 heavy (non-hydrogen) atoms. The Morgan fingerprint density at radius 2 is 1.70 bits per heavy atom. The number of carbonyl (C=O) groups excluding carboxylic acids is 2. The van der Waals surface area contributed by atoms with Crippen LogP contribution in [0.2, 0.25) is 0 Å². The van der Waals surface area contributed by atoms with Crippen LogP contribution in [-0.2, 0) is 9.59 Å². The van der Waals surface area contributed by atoms with Gasteiger partial charge in [-0.25, -0.2) is 0 Å². The lowest BCUT2D eigenvalue weighted by molar-refractivity contribution is -0.124. The van der Waals surface area contributed by atoms with Gasteiger partial charge in [-0.05, 0) is 31.9 Å². The fraction of sp³-hybridized carbons (Fsp3) is 0.556. The number of ketones is 1. The Balaban J connectivity index is 2.80. The van der Waals surface area contributed by atoms with Crippen LogP contribution < -0.4 is 14.8 Å². The number of hydrogen-bond donors (Lipinski definition) is 1. The highest BCUT2D eigenvalue weighted by atomic mass is 16.5. The SMILES string of the molecule is CCCCOc1ccc(NC(=O)CC(C)=O)c(OCCCC)c1. The van der Waals surface area contributed by atoms with Crippen molar-refractivity contribution in [2.24, 2.45) is 0 Å². The molecule has 0 aliphatic carbocycles. The largest absolute Gasteiger partial charge is 0.493 e. The zero-order chi connectivity index (χ0) is 17.1. The highest BCUT2D eigenvalue weighted by Crippen LogP contribution is 2.30. The van der Waals surface area contributed by atoms with Crippen molar-refractivity contribution in [1.82, 2.24) is 0 Å². The molecule has 0 bridgehead atoms. The Hall–Kier alpha value is -2.04. The quantitative estimate of drug-likeness (QED) is 0.495. The van der Waals surface area contributed by atoms with Crippen molar-refractivity contribution in [3.05, 3.63) is 18.2 Å². The standard InChI is InChI=1S/C18H27NO4/c1-4-6-10-22-15-8-9-16(19-18(21)12-14(3)20)17(13-15)23-11-7-5-2/h8-9,13H,4-7,10-12H2,1-3H3,(H,19,21). The Labute approximate surface area is 138 Å². The summed E-state index contributed by atoms with van der Waals surface area (Å²) in [4.78, 5) is 22.8. The number of benzene rings is 1. The van der Waals surface area contributed by atoms with E-state index in [0.717, 1.165) is 31.4 Å². The van der Waals surface area contributed by atoms with Gasteiger partial charge in [-0.2, -0.15) is 0 Å². The van der Waals surface area contributed by atoms with Crippen LogP contribution in [0.15, 0.2) is 18.2 Å². The van der Waals surface area contributed by atoms with E-state index in [1.165, 1.54) is 6.92 Å². The molecule has 1 rings (SSSR count). The first kappa shape index (κ1) is 19.0. The van der Waals surface area contributed by atoms with Gasteiger partial charge in [0.05, 0.1) is 25.3 Å². The molecule has 0 heterocycles. The number of carbonyl (C=O) groups is 2. The summed E-state index contributed by atoms with van der Waals surface area (Å²) in [5.74, 6) is 0.784. The fourth-order valence-electron chi connectivity index (χ4n) is 1.90. The zero-order valence-corrected chi connectivity index (χ0v) is 14.3. The summed E-state index contributed by atoms with van der Waals surface area (Å²) < 4.78 is 11.4. The number of rotatable bonds is 11. The molecule has 1 aromatic rings. The first-order valence-corrected chi connectivity index (χ1v) is 8.25. The van der Waals surface area contributed by atoms with Crippen molar-refractivity contribution < 1.29 is 19.1 Å². The summed E-state index contributed by atoms with van der Waals surface area (Å²) in [6.45, 7) is 6.81. The van der Waals surface area contributed by atoms with Crippen LogP contribution in [-0.4, -0.2) is 24.9 Å². The van der Waals surface area contributed by atoms with E-state index >= 15 is 0 Å². The molecular weight excluding hydrogens is 294 g/mol. The Kier molecular flexibility index (Phi) is 8.80. The molecule has 128 valence electrons. The summed E-state index contributed by atoms with van der Waals surface area (Å²) >= 11 is 0. The molecular formula is C18H27NO4. The van der Waals surface area contributed by atoms with E-state index in [4.69, 9.17) is 9.47 Å². The second kappa shape index (κ2) is 10.6. The molecule has 0 unspecified atom stereocenters. The number of amides is 1. The van der Waals surface area contributed by atoms with Gasteiger partial charge in [-0.1, -0.05) is 26.7 Å². The molecule has 5 nitrogen and oxygen atoms in total. The lowest BCUT2D eigenvalue weighted by Crippen LogP contribution is -2.15. The van der Waals surface area contributed by atoms with Crippen molar-refractivity contribution in [2.45, 2.75) is 52.9 Å². The second-order valence-electron chi connectivity index (χ2n) is 5.49. The van der Waals surface area contributed by atoms with Gasteiger partial charge in [-0.3, -0.25) is 9.59 Å². The molecule has 0 aliphatic heterocycles. The van der Waals surface area contributed by atoms with E-state index in [1.807, 2.05) is 0 Å². The maximum atomic E-state index is 11.8. The number of anilines is 1. The number of unbranched alkanes of at least 4 members (excludes halogenated alkanes) is 2. The third kappa shape index (κ3) is 7.68. The van der Waals surface area contributed by atoms with E-state index in [-0.39, 0.29) is 18.1 Å². The van der Waals surface area contributed by atoms with Crippen LogP contribution in [0.3, 0.4) is 0 Å².